The van der Waals surface area contributed by atoms with Crippen LogP contribution in [0.2, 0.25) is 0 Å². The van der Waals surface area contributed by atoms with E-state index in [1.165, 1.54) is 5.56 Å². The van der Waals surface area contributed by atoms with Gasteiger partial charge in [-0.1, -0.05) is 55.8 Å². The third-order valence-corrected chi connectivity index (χ3v) is 6.79. The molecule has 0 radical (unpaired) electrons. The summed E-state index contributed by atoms with van der Waals surface area (Å²) in [6, 6.07) is 16.1. The largest absolute Gasteiger partial charge is 0.321 e. The quantitative estimate of drug-likeness (QED) is 0.407. The number of rotatable bonds is 8. The normalized spacial score (nSPS) is 13.0. The first kappa shape index (κ1) is 23.8. The second kappa shape index (κ2) is 9.50. The van der Waals surface area contributed by atoms with E-state index in [1.54, 1.807) is 0 Å². The molecule has 0 fully saturated rings. The maximum atomic E-state index is 13.6. The van der Waals surface area contributed by atoms with E-state index in [-0.39, 0.29) is 11.1 Å². The molecule has 0 saturated heterocycles. The lowest BCUT2D eigenvalue weighted by Gasteiger charge is -2.33. The zero-order valence-electron chi connectivity index (χ0n) is 21.0. The van der Waals surface area contributed by atoms with Crippen LogP contribution in [0, 0.1) is 13.8 Å². The fraction of sp³-hybridized carbons (Fsp3) is 0.407. The van der Waals surface area contributed by atoms with Crippen LogP contribution in [0.25, 0.3) is 10.9 Å². The van der Waals surface area contributed by atoms with Crippen molar-refractivity contribution in [1.29, 1.82) is 0 Å². The number of tetrazole rings is 1. The minimum absolute atomic E-state index is 0.111. The van der Waals surface area contributed by atoms with Crippen molar-refractivity contribution in [1.82, 2.24) is 30.1 Å². The molecule has 7 heteroatoms. The average molecular weight is 459 g/mol. The van der Waals surface area contributed by atoms with Gasteiger partial charge < -0.3 is 4.98 Å². The van der Waals surface area contributed by atoms with Gasteiger partial charge in [0.1, 0.15) is 6.04 Å². The fourth-order valence-electron chi connectivity index (χ4n) is 4.56. The molecule has 178 valence electrons. The molecule has 7 nitrogen and oxygen atoms in total. The molecule has 2 heterocycles. The molecule has 34 heavy (non-hydrogen) atoms. The zero-order valence-corrected chi connectivity index (χ0v) is 21.0. The van der Waals surface area contributed by atoms with Gasteiger partial charge in [0.05, 0.1) is 11.1 Å². The maximum Gasteiger partial charge on any atom is 0.253 e. The molecule has 0 aliphatic carbocycles. The molecule has 0 unspecified atom stereocenters. The number of hydrogen-bond acceptors (Lipinski definition) is 5. The van der Waals surface area contributed by atoms with Gasteiger partial charge in [0.15, 0.2) is 5.82 Å². The van der Waals surface area contributed by atoms with Crippen molar-refractivity contribution in [3.8, 4) is 0 Å². The van der Waals surface area contributed by atoms with Gasteiger partial charge in [0, 0.05) is 12.1 Å². The van der Waals surface area contributed by atoms with E-state index in [9.17, 15) is 4.79 Å². The third-order valence-electron chi connectivity index (χ3n) is 6.79. The number of hydrogen-bond donors (Lipinski definition) is 1. The molecule has 2 aromatic heterocycles. The fourth-order valence-corrected chi connectivity index (χ4v) is 4.56. The first-order valence-corrected chi connectivity index (χ1v) is 12.0. The van der Waals surface area contributed by atoms with Crippen LogP contribution in [0.3, 0.4) is 0 Å². The predicted molar refractivity (Wildman–Crippen MR) is 136 cm³/mol. The van der Waals surface area contributed by atoms with Gasteiger partial charge in [-0.15, -0.1) is 5.10 Å². The van der Waals surface area contributed by atoms with Gasteiger partial charge in [0.25, 0.3) is 5.56 Å². The molecule has 1 N–H and O–H groups in total. The van der Waals surface area contributed by atoms with Gasteiger partial charge in [-0.2, -0.15) is 0 Å². The highest BCUT2D eigenvalue weighted by atomic mass is 16.1. The average Bonchev–Trinajstić information content (AvgIpc) is 3.30. The zero-order chi connectivity index (χ0) is 24.5. The Bertz CT molecular complexity index is 1340. The number of aryl methyl sites for hydroxylation is 2. The van der Waals surface area contributed by atoms with E-state index in [0.717, 1.165) is 35.0 Å². The summed E-state index contributed by atoms with van der Waals surface area (Å²) in [6.45, 7) is 14.0. The number of nitrogens with one attached hydrogen (secondary N) is 1. The smallest absolute Gasteiger partial charge is 0.253 e. The van der Waals surface area contributed by atoms with Gasteiger partial charge in [-0.3, -0.25) is 9.69 Å². The van der Waals surface area contributed by atoms with Crippen LogP contribution < -0.4 is 5.56 Å². The molecule has 0 saturated carbocycles. The molecule has 0 aliphatic heterocycles. The van der Waals surface area contributed by atoms with Gasteiger partial charge in [-0.25, -0.2) is 4.68 Å². The van der Waals surface area contributed by atoms with Crippen molar-refractivity contribution in [2.24, 2.45) is 0 Å². The SMILES string of the molecule is CCN(Cc1ccccc1)[C@@H](c1cc2cc(C)cc(C)c2[nH]c1=O)c1nnnn1C(C)(C)CC. The highest BCUT2D eigenvalue weighted by molar-refractivity contribution is 5.83. The van der Waals surface area contributed by atoms with Gasteiger partial charge >= 0.3 is 0 Å². The van der Waals surface area contributed by atoms with Crippen molar-refractivity contribution < 1.29 is 0 Å². The van der Waals surface area contributed by atoms with Crippen LogP contribution in [0.4, 0.5) is 0 Å². The third kappa shape index (κ3) is 4.53. The second-order valence-corrected chi connectivity index (χ2v) is 9.67. The first-order chi connectivity index (χ1) is 16.2. The Labute approximate surface area is 200 Å². The van der Waals surface area contributed by atoms with Crippen LogP contribution in [0.15, 0.2) is 53.3 Å². The molecule has 0 spiro atoms. The standard InChI is InChI=1S/C27H34N6O/c1-7-27(5,6)33-25(29-30-31-33)24(32(8-2)17-20-12-10-9-11-13-20)22-16-21-15-18(3)14-19(4)23(21)28-26(22)34/h9-16,24H,7-8,17H2,1-6H3,(H,28,34)/t24-/m0/s1. The van der Waals surface area contributed by atoms with E-state index in [4.69, 9.17) is 0 Å². The monoisotopic (exact) mass is 458 g/mol. The summed E-state index contributed by atoms with van der Waals surface area (Å²) < 4.78 is 1.89. The lowest BCUT2D eigenvalue weighted by atomic mass is 9.98. The van der Waals surface area contributed by atoms with Gasteiger partial charge in [0.2, 0.25) is 0 Å². The Balaban J connectivity index is 1.94. The number of aromatic amines is 1. The Morgan fingerprint density at radius 2 is 1.82 bits per heavy atom. The highest BCUT2D eigenvalue weighted by Gasteiger charge is 2.34. The summed E-state index contributed by atoms with van der Waals surface area (Å²) in [5, 5.41) is 13.9. The summed E-state index contributed by atoms with van der Waals surface area (Å²) in [4.78, 5) is 19.0. The molecule has 0 aliphatic rings. The summed E-state index contributed by atoms with van der Waals surface area (Å²) >= 11 is 0. The Morgan fingerprint density at radius 3 is 2.50 bits per heavy atom. The second-order valence-electron chi connectivity index (χ2n) is 9.67. The van der Waals surface area contributed by atoms with Crippen molar-refractivity contribution >= 4 is 10.9 Å². The molecular formula is C27H34N6O. The number of benzene rings is 2. The number of pyridine rings is 1. The lowest BCUT2D eigenvalue weighted by Crippen LogP contribution is -2.38. The molecule has 4 rings (SSSR count). The van der Waals surface area contributed by atoms with Crippen LogP contribution in [-0.4, -0.2) is 36.6 Å². The summed E-state index contributed by atoms with van der Waals surface area (Å²) in [6.07, 6.45) is 0.856. The van der Waals surface area contributed by atoms with Crippen molar-refractivity contribution in [3.63, 3.8) is 0 Å². The van der Waals surface area contributed by atoms with Crippen LogP contribution in [0.5, 0.6) is 0 Å². The summed E-state index contributed by atoms with van der Waals surface area (Å²) in [5.41, 5.74) is 4.51. The van der Waals surface area contributed by atoms with Crippen LogP contribution in [-0.2, 0) is 12.1 Å². The topological polar surface area (TPSA) is 79.7 Å². The number of aromatic nitrogens is 5. The van der Waals surface area contributed by atoms with Crippen molar-refractivity contribution in [2.45, 2.75) is 66.1 Å². The van der Waals surface area contributed by atoms with E-state index < -0.39 is 6.04 Å². The van der Waals surface area contributed by atoms with Crippen LogP contribution >= 0.6 is 0 Å². The van der Waals surface area contributed by atoms with E-state index in [2.05, 4.69) is 84.3 Å². The number of fused-ring (bicyclic) bond motifs is 1. The van der Waals surface area contributed by atoms with Crippen molar-refractivity contribution in [2.75, 3.05) is 6.54 Å². The lowest BCUT2D eigenvalue weighted by molar-refractivity contribution is 0.197. The van der Waals surface area contributed by atoms with E-state index in [1.807, 2.05) is 35.9 Å². The number of nitrogens with zero attached hydrogens (tertiary/aromatic N) is 5. The first-order valence-electron chi connectivity index (χ1n) is 12.0. The molecule has 1 atom stereocenters. The molecule has 0 amide bonds. The maximum absolute atomic E-state index is 13.6. The van der Waals surface area contributed by atoms with E-state index >= 15 is 0 Å². The van der Waals surface area contributed by atoms with Crippen molar-refractivity contribution in [3.05, 3.63) is 87.0 Å². The Morgan fingerprint density at radius 1 is 1.09 bits per heavy atom. The summed E-state index contributed by atoms with van der Waals surface area (Å²) in [7, 11) is 0. The molecular weight excluding hydrogens is 424 g/mol. The predicted octanol–water partition coefficient (Wildman–Crippen LogP) is 4.89. The molecule has 0 bridgehead atoms. The highest BCUT2D eigenvalue weighted by Crippen LogP contribution is 2.32. The number of H-pyrrole nitrogens is 1. The van der Waals surface area contributed by atoms with E-state index in [0.29, 0.717) is 17.9 Å². The minimum Gasteiger partial charge on any atom is -0.321 e. The summed E-state index contributed by atoms with van der Waals surface area (Å²) in [5.74, 6) is 0.679. The molecule has 2 aromatic carbocycles. The van der Waals surface area contributed by atoms with Gasteiger partial charge in [-0.05, 0) is 79.7 Å². The Kier molecular flexibility index (Phi) is 6.66. The Hall–Kier alpha value is -3.32. The molecule has 4 aromatic rings. The van der Waals surface area contributed by atoms with Crippen LogP contribution in [0.1, 0.15) is 68.2 Å². The minimum atomic E-state index is -0.403.